The predicted molar refractivity (Wildman–Crippen MR) is 60.0 cm³/mol. The van der Waals surface area contributed by atoms with Gasteiger partial charge in [0.25, 0.3) is 0 Å². The van der Waals surface area contributed by atoms with Gasteiger partial charge in [0.15, 0.2) is 11.8 Å². The van der Waals surface area contributed by atoms with Gasteiger partial charge < -0.3 is 5.21 Å². The molecule has 0 fully saturated rings. The highest BCUT2D eigenvalue weighted by Crippen LogP contribution is 2.28. The van der Waals surface area contributed by atoms with E-state index in [9.17, 15) is 18.4 Å². The van der Waals surface area contributed by atoms with E-state index in [2.05, 4.69) is 0 Å². The second-order valence-corrected chi connectivity index (χ2v) is 4.75. The van der Waals surface area contributed by atoms with Crippen molar-refractivity contribution in [3.05, 3.63) is 40.6 Å². The van der Waals surface area contributed by atoms with E-state index in [4.69, 9.17) is 0 Å². The molecule has 94 valence electrons. The maximum Gasteiger partial charge on any atom is 0.416 e. The van der Waals surface area contributed by atoms with Crippen molar-refractivity contribution in [2.24, 2.45) is 0 Å². The van der Waals surface area contributed by atoms with Crippen LogP contribution in [0.25, 0.3) is 0 Å². The van der Waals surface area contributed by atoms with Crippen LogP contribution >= 0.6 is 0 Å². The molecule has 2 nitrogen and oxygen atoms in total. The second-order valence-electron chi connectivity index (χ2n) is 4.75. The van der Waals surface area contributed by atoms with Crippen molar-refractivity contribution in [2.75, 3.05) is 0 Å². The maximum atomic E-state index is 12.3. The molecule has 0 radical (unpaired) electrons. The molecule has 0 heterocycles. The lowest BCUT2D eigenvalue weighted by molar-refractivity contribution is -0.530. The minimum Gasteiger partial charge on any atom is -0.623 e. The molecule has 0 atom stereocenters. The first-order chi connectivity index (χ1) is 7.60. The average molecular weight is 245 g/mol. The molecule has 0 amide bonds. The van der Waals surface area contributed by atoms with E-state index < -0.39 is 17.3 Å². The van der Waals surface area contributed by atoms with Gasteiger partial charge in [-0.2, -0.15) is 13.2 Å². The number of nitrogens with zero attached hydrogens (tertiary/aromatic N) is 1. The smallest absolute Gasteiger partial charge is 0.416 e. The molecule has 0 bridgehead atoms. The van der Waals surface area contributed by atoms with Gasteiger partial charge in [0.2, 0.25) is 0 Å². The fourth-order valence-electron chi connectivity index (χ4n) is 1.09. The molecule has 5 heteroatoms. The van der Waals surface area contributed by atoms with E-state index in [0.717, 1.165) is 16.9 Å². The van der Waals surface area contributed by atoms with Crippen LogP contribution in [0.3, 0.4) is 0 Å². The van der Waals surface area contributed by atoms with Gasteiger partial charge in [-0.15, -0.1) is 0 Å². The zero-order chi connectivity index (χ0) is 13.3. The number of alkyl halides is 3. The first-order valence-corrected chi connectivity index (χ1v) is 5.09. The van der Waals surface area contributed by atoms with Crippen LogP contribution in [0.4, 0.5) is 13.2 Å². The molecule has 17 heavy (non-hydrogen) atoms. The topological polar surface area (TPSA) is 26.1 Å². The highest BCUT2D eigenvalue weighted by atomic mass is 19.4. The first-order valence-electron chi connectivity index (χ1n) is 5.09. The fourth-order valence-corrected chi connectivity index (χ4v) is 1.09. The van der Waals surface area contributed by atoms with Gasteiger partial charge in [0.05, 0.1) is 5.56 Å². The largest absolute Gasteiger partial charge is 0.623 e. The van der Waals surface area contributed by atoms with E-state index in [1.54, 1.807) is 20.8 Å². The number of hydroxylamine groups is 1. The van der Waals surface area contributed by atoms with Gasteiger partial charge in [0, 0.05) is 26.3 Å². The summed E-state index contributed by atoms with van der Waals surface area (Å²) in [6, 6.07) is 4.48. The summed E-state index contributed by atoms with van der Waals surface area (Å²) in [7, 11) is 0. The third kappa shape index (κ3) is 3.76. The summed E-state index contributed by atoms with van der Waals surface area (Å²) in [5.74, 6) is 0. The molecule has 0 saturated carbocycles. The number of rotatable bonds is 1. The van der Waals surface area contributed by atoms with Crippen molar-refractivity contribution >= 4 is 6.21 Å². The number of hydrogen-bond donors (Lipinski definition) is 0. The Balaban J connectivity index is 2.97. The molecule has 0 aromatic heterocycles. The number of benzene rings is 1. The Labute approximate surface area is 98.0 Å². The Morgan fingerprint density at radius 2 is 1.53 bits per heavy atom. The van der Waals surface area contributed by atoms with E-state index in [-0.39, 0.29) is 0 Å². The normalized spacial score (nSPS) is 13.9. The van der Waals surface area contributed by atoms with Gasteiger partial charge in [-0.05, 0) is 24.3 Å². The highest BCUT2D eigenvalue weighted by molar-refractivity contribution is 5.75. The van der Waals surface area contributed by atoms with Crippen LogP contribution in [-0.4, -0.2) is 16.5 Å². The lowest BCUT2D eigenvalue weighted by Gasteiger charge is -2.18. The molecule has 0 aliphatic heterocycles. The quantitative estimate of drug-likeness (QED) is 0.322. The summed E-state index contributed by atoms with van der Waals surface area (Å²) >= 11 is 0. The van der Waals surface area contributed by atoms with Crippen LogP contribution in [-0.2, 0) is 6.18 Å². The summed E-state index contributed by atoms with van der Waals surface area (Å²) in [5.41, 5.74) is -0.881. The Morgan fingerprint density at radius 3 is 1.88 bits per heavy atom. The lowest BCUT2D eigenvalue weighted by Crippen LogP contribution is -2.29. The molecular weight excluding hydrogens is 231 g/mol. The molecule has 1 aromatic rings. The number of halogens is 3. The van der Waals surface area contributed by atoms with Crippen molar-refractivity contribution < 1.29 is 17.9 Å². The maximum absolute atomic E-state index is 12.3. The predicted octanol–water partition coefficient (Wildman–Crippen LogP) is 3.43. The summed E-state index contributed by atoms with van der Waals surface area (Å²) in [4.78, 5) is 0. The fraction of sp³-hybridized carbons (Fsp3) is 0.417. The molecule has 1 rings (SSSR count). The Morgan fingerprint density at radius 1 is 1.06 bits per heavy atom. The summed E-state index contributed by atoms with van der Waals surface area (Å²) in [6.45, 7) is 5.17. The van der Waals surface area contributed by atoms with E-state index in [1.807, 2.05) is 0 Å². The molecule has 0 aliphatic carbocycles. The third-order valence-corrected chi connectivity index (χ3v) is 2.17. The van der Waals surface area contributed by atoms with Crippen molar-refractivity contribution in [3.63, 3.8) is 0 Å². The van der Waals surface area contributed by atoms with Crippen molar-refractivity contribution in [3.8, 4) is 0 Å². The first kappa shape index (κ1) is 13.5. The van der Waals surface area contributed by atoms with Crippen LogP contribution in [0.15, 0.2) is 24.3 Å². The van der Waals surface area contributed by atoms with Gasteiger partial charge in [-0.25, -0.2) is 4.74 Å². The third-order valence-electron chi connectivity index (χ3n) is 2.17. The Hall–Kier alpha value is -1.52. The van der Waals surface area contributed by atoms with Crippen LogP contribution < -0.4 is 0 Å². The van der Waals surface area contributed by atoms with Gasteiger partial charge in [0.1, 0.15) is 0 Å². The van der Waals surface area contributed by atoms with Gasteiger partial charge >= 0.3 is 6.18 Å². The van der Waals surface area contributed by atoms with Crippen molar-refractivity contribution in [2.45, 2.75) is 32.5 Å². The van der Waals surface area contributed by atoms with E-state index in [1.165, 1.54) is 18.3 Å². The van der Waals surface area contributed by atoms with Crippen LogP contribution in [0.1, 0.15) is 31.9 Å². The SMILES string of the molecule is CC(C)(C)[N+]([O-])=Cc1ccc(C(F)(F)F)cc1. The summed E-state index contributed by atoms with van der Waals surface area (Å²) in [5, 5.41) is 11.6. The molecule has 0 spiro atoms. The van der Waals surface area contributed by atoms with Crippen molar-refractivity contribution in [1.29, 1.82) is 0 Å². The highest BCUT2D eigenvalue weighted by Gasteiger charge is 2.30. The van der Waals surface area contributed by atoms with Crippen LogP contribution in [0, 0.1) is 5.21 Å². The molecule has 0 N–H and O–H groups in total. The monoisotopic (exact) mass is 245 g/mol. The Kier molecular flexibility index (Phi) is 3.50. The average Bonchev–Trinajstić information content (AvgIpc) is 2.15. The Bertz CT molecular complexity index is 413. The minimum atomic E-state index is -4.35. The zero-order valence-corrected chi connectivity index (χ0v) is 9.88. The van der Waals surface area contributed by atoms with E-state index in [0.29, 0.717) is 5.56 Å². The number of hydrogen-bond acceptors (Lipinski definition) is 1. The standard InChI is InChI=1S/C12H14F3NO/c1-11(2,3)16(17)8-9-4-6-10(7-5-9)12(13,14)15/h4-8H,1-3H3. The summed E-state index contributed by atoms with van der Waals surface area (Å²) in [6.07, 6.45) is -3.07. The minimum absolute atomic E-state index is 0.447. The van der Waals surface area contributed by atoms with E-state index >= 15 is 0 Å². The molecule has 0 saturated heterocycles. The summed E-state index contributed by atoms with van der Waals surface area (Å²) < 4.78 is 37.6. The second kappa shape index (κ2) is 4.39. The molecule has 1 aromatic carbocycles. The van der Waals surface area contributed by atoms with Crippen molar-refractivity contribution in [1.82, 2.24) is 0 Å². The lowest BCUT2D eigenvalue weighted by atomic mass is 10.1. The zero-order valence-electron chi connectivity index (χ0n) is 9.88. The van der Waals surface area contributed by atoms with Crippen LogP contribution in [0.2, 0.25) is 0 Å². The molecule has 0 unspecified atom stereocenters. The molecular formula is C12H14F3NO. The molecule has 0 aliphatic rings. The van der Waals surface area contributed by atoms with Crippen LogP contribution in [0.5, 0.6) is 0 Å². The van der Waals surface area contributed by atoms with Gasteiger partial charge in [-0.3, -0.25) is 0 Å². The van der Waals surface area contributed by atoms with Gasteiger partial charge in [-0.1, -0.05) is 0 Å².